The monoisotopic (exact) mass is 404 g/mol. The zero-order valence-corrected chi connectivity index (χ0v) is 17.0. The lowest BCUT2D eigenvalue weighted by Crippen LogP contribution is -3.11. The fraction of sp³-hybridized carbons (Fsp3) is 0.300. The molecule has 0 bridgehead atoms. The van der Waals surface area contributed by atoms with E-state index >= 15 is 0 Å². The van der Waals surface area contributed by atoms with Crippen LogP contribution in [0.3, 0.4) is 0 Å². The molecule has 2 amide bonds. The van der Waals surface area contributed by atoms with Crippen molar-refractivity contribution in [1.29, 1.82) is 0 Å². The molecule has 0 saturated carbocycles. The van der Waals surface area contributed by atoms with E-state index in [2.05, 4.69) is 11.9 Å². The number of quaternary nitrogens is 1. The van der Waals surface area contributed by atoms with Crippen LogP contribution in [0.4, 0.5) is 11.4 Å². The standard InChI is InChI=1S/C20H22ClN3O2S/c1-4-11-23(12-14-9-10-17(21)27-14)13-18(25)24-16-8-6-5-7-15(16)22-19(26)20(24,2)3/h4-10H,1,11-13H2,2-3H3,(H,22,26)/p+1. The molecule has 27 heavy (non-hydrogen) atoms. The number of nitrogens with one attached hydrogen (secondary N) is 2. The fourth-order valence-corrected chi connectivity index (χ4v) is 4.45. The minimum absolute atomic E-state index is 0.0956. The highest BCUT2D eigenvalue weighted by Crippen LogP contribution is 2.36. The van der Waals surface area contributed by atoms with Crippen molar-refractivity contribution >= 4 is 46.1 Å². The first kappa shape index (κ1) is 19.6. The number of benzene rings is 1. The highest BCUT2D eigenvalue weighted by atomic mass is 35.5. The molecule has 5 nitrogen and oxygen atoms in total. The van der Waals surface area contributed by atoms with E-state index in [1.54, 1.807) is 24.8 Å². The molecule has 1 aromatic carbocycles. The van der Waals surface area contributed by atoms with Crippen molar-refractivity contribution in [3.05, 3.63) is 58.3 Å². The zero-order chi connectivity index (χ0) is 19.6. The highest BCUT2D eigenvalue weighted by molar-refractivity contribution is 7.16. The summed E-state index contributed by atoms with van der Waals surface area (Å²) >= 11 is 7.54. The molecule has 2 aromatic rings. The van der Waals surface area contributed by atoms with Gasteiger partial charge in [-0.15, -0.1) is 11.3 Å². The van der Waals surface area contributed by atoms with E-state index in [0.717, 1.165) is 19.8 Å². The number of thiophene rings is 1. The molecule has 1 unspecified atom stereocenters. The van der Waals surface area contributed by atoms with E-state index in [0.29, 0.717) is 18.8 Å². The normalized spacial score (nSPS) is 16.4. The second kappa shape index (κ2) is 7.84. The molecule has 1 aliphatic rings. The summed E-state index contributed by atoms with van der Waals surface area (Å²) in [6.45, 7) is 8.92. The SMILES string of the molecule is C=CC[NH+](CC(=O)N1c2ccccc2NC(=O)C1(C)C)Cc1ccc(Cl)s1. The smallest absolute Gasteiger partial charge is 0.283 e. The van der Waals surface area contributed by atoms with E-state index in [-0.39, 0.29) is 18.4 Å². The average Bonchev–Trinajstić information content (AvgIpc) is 3.00. The van der Waals surface area contributed by atoms with Gasteiger partial charge in [-0.3, -0.25) is 14.5 Å². The van der Waals surface area contributed by atoms with Crippen LogP contribution in [-0.2, 0) is 16.1 Å². The molecule has 142 valence electrons. The van der Waals surface area contributed by atoms with Gasteiger partial charge in [-0.2, -0.15) is 0 Å². The lowest BCUT2D eigenvalue weighted by Gasteiger charge is -2.42. The van der Waals surface area contributed by atoms with E-state index in [1.165, 1.54) is 11.3 Å². The molecule has 1 atom stereocenters. The summed E-state index contributed by atoms with van der Waals surface area (Å²) in [5.41, 5.74) is 0.423. The van der Waals surface area contributed by atoms with E-state index in [9.17, 15) is 9.59 Å². The van der Waals surface area contributed by atoms with Crippen molar-refractivity contribution in [3.63, 3.8) is 0 Å². The number of hydrogen-bond donors (Lipinski definition) is 2. The molecule has 7 heteroatoms. The predicted molar refractivity (Wildman–Crippen MR) is 111 cm³/mol. The maximum absolute atomic E-state index is 13.3. The summed E-state index contributed by atoms with van der Waals surface area (Å²) in [4.78, 5) is 29.6. The van der Waals surface area contributed by atoms with Crippen molar-refractivity contribution in [3.8, 4) is 0 Å². The van der Waals surface area contributed by atoms with Crippen molar-refractivity contribution in [2.45, 2.75) is 25.9 Å². The number of anilines is 2. The number of carbonyl (C=O) groups excluding carboxylic acids is 2. The number of amides is 2. The van der Waals surface area contributed by atoms with Crippen LogP contribution >= 0.6 is 22.9 Å². The Hall–Kier alpha value is -2.15. The summed E-state index contributed by atoms with van der Waals surface area (Å²) in [7, 11) is 0. The predicted octanol–water partition coefficient (Wildman–Crippen LogP) is 2.74. The Morgan fingerprint density at radius 1 is 1.33 bits per heavy atom. The summed E-state index contributed by atoms with van der Waals surface area (Å²) in [5, 5.41) is 2.89. The van der Waals surface area contributed by atoms with Crippen LogP contribution in [0.2, 0.25) is 4.34 Å². The van der Waals surface area contributed by atoms with Gasteiger partial charge < -0.3 is 10.2 Å². The first-order valence-corrected chi connectivity index (χ1v) is 9.94. The highest BCUT2D eigenvalue weighted by Gasteiger charge is 2.44. The van der Waals surface area contributed by atoms with Gasteiger partial charge in [0.25, 0.3) is 5.91 Å². The summed E-state index contributed by atoms with van der Waals surface area (Å²) < 4.78 is 0.733. The maximum atomic E-state index is 13.3. The Bertz CT molecular complexity index is 878. The first-order valence-electron chi connectivity index (χ1n) is 8.75. The molecule has 3 rings (SSSR count). The molecule has 0 spiro atoms. The topological polar surface area (TPSA) is 53.9 Å². The molecule has 2 N–H and O–H groups in total. The summed E-state index contributed by atoms with van der Waals surface area (Å²) in [5.74, 6) is -0.285. The third-order valence-electron chi connectivity index (χ3n) is 4.64. The number of nitrogens with zero attached hydrogens (tertiary/aromatic N) is 1. The van der Waals surface area contributed by atoms with Gasteiger partial charge in [0.05, 0.1) is 27.1 Å². The fourth-order valence-electron chi connectivity index (χ4n) is 3.30. The Balaban J connectivity index is 1.85. The van der Waals surface area contributed by atoms with Gasteiger partial charge in [0.2, 0.25) is 5.91 Å². The van der Waals surface area contributed by atoms with Crippen molar-refractivity contribution in [1.82, 2.24) is 0 Å². The van der Waals surface area contributed by atoms with E-state index < -0.39 is 5.54 Å². The third kappa shape index (κ3) is 4.08. The Labute approximate surface area is 168 Å². The molecule has 0 aliphatic carbocycles. The number of fused-ring (bicyclic) bond motifs is 1. The summed E-state index contributed by atoms with van der Waals surface area (Å²) in [6.07, 6.45) is 1.81. The second-order valence-electron chi connectivity index (χ2n) is 7.06. The molecular formula is C20H23ClN3O2S+. The van der Waals surface area contributed by atoms with Crippen LogP contribution in [0, 0.1) is 0 Å². The van der Waals surface area contributed by atoms with Gasteiger partial charge in [0, 0.05) is 0 Å². The maximum Gasteiger partial charge on any atom is 0.283 e. The quantitative estimate of drug-likeness (QED) is 0.727. The molecule has 0 radical (unpaired) electrons. The van der Waals surface area contributed by atoms with Crippen LogP contribution in [0.15, 0.2) is 49.1 Å². The number of carbonyl (C=O) groups is 2. The Morgan fingerprint density at radius 3 is 2.74 bits per heavy atom. The zero-order valence-electron chi connectivity index (χ0n) is 15.4. The summed E-state index contributed by atoms with van der Waals surface area (Å²) in [6, 6.07) is 11.2. The van der Waals surface area contributed by atoms with Gasteiger partial charge in [0.15, 0.2) is 6.54 Å². The van der Waals surface area contributed by atoms with E-state index in [1.807, 2.05) is 36.4 Å². The average molecular weight is 405 g/mol. The van der Waals surface area contributed by atoms with E-state index in [4.69, 9.17) is 11.6 Å². The molecule has 0 saturated heterocycles. The third-order valence-corrected chi connectivity index (χ3v) is 5.88. The van der Waals surface area contributed by atoms with Crippen LogP contribution in [0.1, 0.15) is 18.7 Å². The number of hydrogen-bond acceptors (Lipinski definition) is 3. The van der Waals surface area contributed by atoms with Gasteiger partial charge in [-0.25, -0.2) is 0 Å². The molecule has 1 aliphatic heterocycles. The lowest BCUT2D eigenvalue weighted by atomic mass is 9.96. The Kier molecular flexibility index (Phi) is 5.69. The van der Waals surface area contributed by atoms with Crippen LogP contribution < -0.4 is 15.1 Å². The number of rotatable bonds is 6. The Morgan fingerprint density at radius 2 is 2.07 bits per heavy atom. The molecule has 1 aromatic heterocycles. The lowest BCUT2D eigenvalue weighted by molar-refractivity contribution is -0.899. The van der Waals surface area contributed by atoms with Crippen molar-refractivity contribution in [2.75, 3.05) is 23.3 Å². The second-order valence-corrected chi connectivity index (χ2v) is 8.86. The van der Waals surface area contributed by atoms with Gasteiger partial charge in [0.1, 0.15) is 12.1 Å². The van der Waals surface area contributed by atoms with Gasteiger partial charge in [-0.1, -0.05) is 30.3 Å². The number of para-hydroxylation sites is 2. The van der Waals surface area contributed by atoms with Crippen LogP contribution in [-0.4, -0.2) is 30.4 Å². The molecular weight excluding hydrogens is 382 g/mol. The first-order chi connectivity index (χ1) is 12.8. The van der Waals surface area contributed by atoms with Crippen LogP contribution in [0.5, 0.6) is 0 Å². The number of halogens is 1. The van der Waals surface area contributed by atoms with Gasteiger partial charge >= 0.3 is 0 Å². The van der Waals surface area contributed by atoms with Crippen molar-refractivity contribution < 1.29 is 14.5 Å². The van der Waals surface area contributed by atoms with Crippen LogP contribution in [0.25, 0.3) is 0 Å². The van der Waals surface area contributed by atoms with Gasteiger partial charge in [-0.05, 0) is 44.2 Å². The molecule has 2 heterocycles. The molecule has 0 fully saturated rings. The largest absolute Gasteiger partial charge is 0.322 e. The van der Waals surface area contributed by atoms with Crippen molar-refractivity contribution in [2.24, 2.45) is 0 Å². The minimum Gasteiger partial charge on any atom is -0.322 e. The minimum atomic E-state index is -0.961.